The maximum Gasteiger partial charge on any atom is 0.241 e. The molecule has 0 aliphatic carbocycles. The van der Waals surface area contributed by atoms with Crippen molar-refractivity contribution >= 4 is 11.8 Å². The smallest absolute Gasteiger partial charge is 0.241 e. The molecule has 0 radical (unpaired) electrons. The van der Waals surface area contributed by atoms with E-state index in [9.17, 15) is 9.59 Å². The molecular weight excluding hydrogens is 168 g/mol. The van der Waals surface area contributed by atoms with E-state index in [1.54, 1.807) is 26.0 Å². The van der Waals surface area contributed by atoms with E-state index in [2.05, 4.69) is 11.5 Å². The monoisotopic (exact) mass is 186 g/mol. The molecule has 0 aliphatic heterocycles. The highest BCUT2D eigenvalue weighted by Gasteiger charge is 1.73. The summed E-state index contributed by atoms with van der Waals surface area (Å²) in [6.07, 6.45) is 5.81. The first-order chi connectivity index (χ1) is 5.54. The van der Waals surface area contributed by atoms with Gasteiger partial charge in [0.15, 0.2) is 0 Å². The standard InChI is InChI=1S/2C4H7NO.CH4/c2*1-2-3-4(5)6;/h2*2-3H,1H3,(H2,5,6);1H4/b3-2+;3-2-;. The van der Waals surface area contributed by atoms with Crippen molar-refractivity contribution in [2.45, 2.75) is 21.3 Å². The number of nitrogens with two attached hydrogens (primary N) is 2. The first-order valence-electron chi connectivity index (χ1n) is 3.38. The fraction of sp³-hybridized carbons (Fsp3) is 0.333. The molecule has 0 aromatic carbocycles. The van der Waals surface area contributed by atoms with Gasteiger partial charge in [0.2, 0.25) is 11.8 Å². The highest BCUT2D eigenvalue weighted by Crippen LogP contribution is 1.62. The minimum Gasteiger partial charge on any atom is -0.366 e. The van der Waals surface area contributed by atoms with Crippen LogP contribution in [0.4, 0.5) is 0 Å². The highest BCUT2D eigenvalue weighted by molar-refractivity contribution is 5.85. The Hall–Kier alpha value is -1.58. The van der Waals surface area contributed by atoms with Crippen LogP contribution in [0.1, 0.15) is 21.3 Å². The van der Waals surface area contributed by atoms with E-state index in [-0.39, 0.29) is 7.43 Å². The molecular formula is C9H18N2O2. The van der Waals surface area contributed by atoms with Gasteiger partial charge in [-0.2, -0.15) is 0 Å². The van der Waals surface area contributed by atoms with Crippen LogP contribution in [0.15, 0.2) is 24.3 Å². The summed E-state index contributed by atoms with van der Waals surface area (Å²) in [6, 6.07) is 0. The van der Waals surface area contributed by atoms with Gasteiger partial charge in [-0.25, -0.2) is 0 Å². The van der Waals surface area contributed by atoms with Gasteiger partial charge >= 0.3 is 0 Å². The molecule has 0 heterocycles. The van der Waals surface area contributed by atoms with Crippen molar-refractivity contribution in [3.8, 4) is 0 Å². The second-order valence-electron chi connectivity index (χ2n) is 1.80. The number of hydrogen-bond acceptors (Lipinski definition) is 2. The summed E-state index contributed by atoms with van der Waals surface area (Å²) in [4.78, 5) is 19.5. The Balaban J connectivity index is -0.000000143. The lowest BCUT2D eigenvalue weighted by molar-refractivity contribution is -0.114. The lowest BCUT2D eigenvalue weighted by Gasteiger charge is -1.70. The molecule has 0 unspecified atom stereocenters. The van der Waals surface area contributed by atoms with Crippen LogP contribution in [0.25, 0.3) is 0 Å². The Labute approximate surface area is 79.3 Å². The van der Waals surface area contributed by atoms with Crippen LogP contribution in [0.3, 0.4) is 0 Å². The van der Waals surface area contributed by atoms with Crippen LogP contribution in [0.5, 0.6) is 0 Å². The molecule has 0 rings (SSSR count). The molecule has 13 heavy (non-hydrogen) atoms. The van der Waals surface area contributed by atoms with Crippen molar-refractivity contribution < 1.29 is 9.59 Å². The van der Waals surface area contributed by atoms with Crippen LogP contribution < -0.4 is 11.5 Å². The molecule has 0 bridgehead atoms. The summed E-state index contributed by atoms with van der Waals surface area (Å²) >= 11 is 0. The van der Waals surface area contributed by atoms with Crippen LogP contribution in [-0.2, 0) is 9.59 Å². The van der Waals surface area contributed by atoms with Crippen molar-refractivity contribution in [1.82, 2.24) is 0 Å². The van der Waals surface area contributed by atoms with E-state index < -0.39 is 11.8 Å². The molecule has 0 aliphatic rings. The number of amides is 2. The lowest BCUT2D eigenvalue weighted by atomic mass is 10.5. The third kappa shape index (κ3) is 37.8. The van der Waals surface area contributed by atoms with Crippen molar-refractivity contribution in [2.24, 2.45) is 11.5 Å². The molecule has 0 fully saturated rings. The Morgan fingerprint density at radius 2 is 1.15 bits per heavy atom. The molecule has 0 aromatic heterocycles. The van der Waals surface area contributed by atoms with Gasteiger partial charge in [-0.05, 0) is 26.0 Å². The summed E-state index contributed by atoms with van der Waals surface area (Å²) in [5, 5.41) is 0. The zero-order valence-corrected chi connectivity index (χ0v) is 7.28. The van der Waals surface area contributed by atoms with Crippen molar-refractivity contribution in [3.05, 3.63) is 24.3 Å². The largest absolute Gasteiger partial charge is 0.366 e. The molecule has 0 spiro atoms. The fourth-order valence-corrected chi connectivity index (χ4v) is 0.329. The molecule has 4 nitrogen and oxygen atoms in total. The average Bonchev–Trinajstić information content (AvgIpc) is 1.87. The summed E-state index contributed by atoms with van der Waals surface area (Å²) in [7, 11) is 0. The molecule has 4 N–H and O–H groups in total. The van der Waals surface area contributed by atoms with E-state index in [1.807, 2.05) is 0 Å². The van der Waals surface area contributed by atoms with Crippen LogP contribution in [0, 0.1) is 0 Å². The minimum absolute atomic E-state index is 0. The van der Waals surface area contributed by atoms with Crippen molar-refractivity contribution in [1.29, 1.82) is 0 Å². The van der Waals surface area contributed by atoms with Gasteiger partial charge in [0.1, 0.15) is 0 Å². The topological polar surface area (TPSA) is 86.2 Å². The Morgan fingerprint density at radius 3 is 1.15 bits per heavy atom. The van der Waals surface area contributed by atoms with Gasteiger partial charge < -0.3 is 11.5 Å². The molecule has 0 saturated carbocycles. The molecule has 76 valence electrons. The van der Waals surface area contributed by atoms with Crippen LogP contribution in [0.2, 0.25) is 0 Å². The van der Waals surface area contributed by atoms with Crippen LogP contribution >= 0.6 is 0 Å². The van der Waals surface area contributed by atoms with E-state index in [4.69, 9.17) is 0 Å². The number of hydrogen-bond donors (Lipinski definition) is 2. The Kier molecular flexibility index (Phi) is 17.5. The third-order valence-electron chi connectivity index (χ3n) is 0.662. The summed E-state index contributed by atoms with van der Waals surface area (Å²) < 4.78 is 0. The number of carbonyl (C=O) groups excluding carboxylic acids is 2. The summed E-state index contributed by atoms with van der Waals surface area (Å²) in [5.74, 6) is -0.782. The number of primary amides is 2. The molecule has 4 heteroatoms. The quantitative estimate of drug-likeness (QED) is 0.623. The highest BCUT2D eigenvalue weighted by atomic mass is 16.1. The maximum atomic E-state index is 9.73. The summed E-state index contributed by atoms with van der Waals surface area (Å²) in [5.41, 5.74) is 9.35. The predicted molar refractivity (Wildman–Crippen MR) is 54.7 cm³/mol. The number of allylic oxidation sites excluding steroid dienone is 2. The zero-order valence-electron chi connectivity index (χ0n) is 7.28. The van der Waals surface area contributed by atoms with E-state index in [1.165, 1.54) is 12.2 Å². The van der Waals surface area contributed by atoms with E-state index >= 15 is 0 Å². The van der Waals surface area contributed by atoms with Crippen molar-refractivity contribution in [3.63, 3.8) is 0 Å². The summed E-state index contributed by atoms with van der Waals surface area (Å²) in [6.45, 7) is 3.48. The fourth-order valence-electron chi connectivity index (χ4n) is 0.329. The van der Waals surface area contributed by atoms with E-state index in [0.29, 0.717) is 0 Å². The molecule has 0 atom stereocenters. The molecule has 0 saturated heterocycles. The predicted octanol–water partition coefficient (Wildman–Crippen LogP) is 0.732. The van der Waals surface area contributed by atoms with E-state index in [0.717, 1.165) is 0 Å². The second-order valence-corrected chi connectivity index (χ2v) is 1.80. The first kappa shape index (κ1) is 17.5. The van der Waals surface area contributed by atoms with Gasteiger partial charge in [-0.15, -0.1) is 0 Å². The number of carbonyl (C=O) groups is 2. The Morgan fingerprint density at radius 1 is 0.923 bits per heavy atom. The van der Waals surface area contributed by atoms with Crippen LogP contribution in [-0.4, -0.2) is 11.8 Å². The average molecular weight is 186 g/mol. The van der Waals surface area contributed by atoms with Gasteiger partial charge in [0.25, 0.3) is 0 Å². The third-order valence-corrected chi connectivity index (χ3v) is 0.662. The second kappa shape index (κ2) is 13.0. The van der Waals surface area contributed by atoms with Gasteiger partial charge in [0, 0.05) is 0 Å². The van der Waals surface area contributed by atoms with Gasteiger partial charge in [-0.3, -0.25) is 9.59 Å². The lowest BCUT2D eigenvalue weighted by Crippen LogP contribution is -2.04. The van der Waals surface area contributed by atoms with Gasteiger partial charge in [-0.1, -0.05) is 19.6 Å². The maximum absolute atomic E-state index is 9.73. The number of rotatable bonds is 2. The SMILES string of the molecule is C.C/C=C/C(N)=O.C/C=C\C(N)=O. The molecule has 0 aromatic rings. The normalized spacial score (nSPS) is 8.77. The minimum atomic E-state index is -0.391. The zero-order chi connectivity index (χ0) is 9.98. The van der Waals surface area contributed by atoms with Crippen molar-refractivity contribution in [2.75, 3.05) is 0 Å². The van der Waals surface area contributed by atoms with Gasteiger partial charge in [0.05, 0.1) is 0 Å². The Bertz CT molecular complexity index is 174. The first-order valence-corrected chi connectivity index (χ1v) is 3.38. The molecule has 2 amide bonds.